The van der Waals surface area contributed by atoms with E-state index in [0.29, 0.717) is 34.4 Å². The number of carbonyl (C=O) groups excluding carboxylic acids is 3. The van der Waals surface area contributed by atoms with Crippen molar-refractivity contribution >= 4 is 40.8 Å². The molecule has 0 unspecified atom stereocenters. The first kappa shape index (κ1) is 39.0. The van der Waals surface area contributed by atoms with E-state index in [0.717, 1.165) is 25.0 Å². The number of carbonyl (C=O) groups is 3. The molecular formula is C37H56ClN5O5. The first-order valence-corrected chi connectivity index (χ1v) is 18.3. The molecule has 0 fully saturated rings. The molecule has 0 saturated heterocycles. The molecule has 0 aliphatic heterocycles. The number of ether oxygens (including phenoxy) is 2. The number of rotatable bonds is 22. The minimum Gasteiger partial charge on any atom is -0.466 e. The van der Waals surface area contributed by atoms with E-state index in [4.69, 9.17) is 21.1 Å². The SMILES string of the molecule is CCCCCCCCCCCCCCCCCOC(=O)CCC(=O)Nc1ccc(-c2nc3c(Cl)c(C(C)(C)C)[nH]n3n2)c(OC(C)=O)c1. The normalized spacial score (nSPS) is 11.6. The number of aromatic amines is 1. The number of nitrogens with one attached hydrogen (secondary N) is 2. The summed E-state index contributed by atoms with van der Waals surface area (Å²) < 4.78 is 12.2. The van der Waals surface area contributed by atoms with E-state index in [2.05, 4.69) is 27.4 Å². The largest absolute Gasteiger partial charge is 0.466 e. The van der Waals surface area contributed by atoms with Crippen LogP contribution in [0.5, 0.6) is 5.75 Å². The predicted octanol–water partition coefficient (Wildman–Crippen LogP) is 9.73. The molecule has 11 heteroatoms. The summed E-state index contributed by atoms with van der Waals surface area (Å²) in [6.45, 7) is 10.0. The van der Waals surface area contributed by atoms with Gasteiger partial charge in [0.15, 0.2) is 11.5 Å². The van der Waals surface area contributed by atoms with Crippen LogP contribution in [0, 0.1) is 0 Å². The van der Waals surface area contributed by atoms with Crippen LogP contribution in [0.15, 0.2) is 18.2 Å². The fraction of sp³-hybridized carbons (Fsp3) is 0.649. The lowest BCUT2D eigenvalue weighted by molar-refractivity contribution is -0.144. The highest BCUT2D eigenvalue weighted by Crippen LogP contribution is 2.35. The third kappa shape index (κ3) is 13.2. The van der Waals surface area contributed by atoms with Crippen molar-refractivity contribution in [2.24, 2.45) is 0 Å². The zero-order valence-electron chi connectivity index (χ0n) is 29.7. The van der Waals surface area contributed by atoms with Crippen LogP contribution in [-0.2, 0) is 24.5 Å². The van der Waals surface area contributed by atoms with Crippen LogP contribution in [0.25, 0.3) is 17.0 Å². The number of aromatic nitrogens is 4. The van der Waals surface area contributed by atoms with E-state index in [1.165, 1.54) is 94.7 Å². The zero-order valence-corrected chi connectivity index (χ0v) is 30.5. The number of fused-ring (bicyclic) bond motifs is 1. The maximum absolute atomic E-state index is 12.6. The number of H-pyrrole nitrogens is 1. The number of anilines is 1. The minimum absolute atomic E-state index is 0.0125. The third-order valence-corrected chi connectivity index (χ3v) is 8.68. The van der Waals surface area contributed by atoms with Gasteiger partial charge in [-0.3, -0.25) is 19.5 Å². The molecule has 0 spiro atoms. The second-order valence-corrected chi connectivity index (χ2v) is 14.1. The number of nitrogens with zero attached hydrogens (tertiary/aromatic N) is 3. The smallest absolute Gasteiger partial charge is 0.308 e. The van der Waals surface area contributed by atoms with E-state index in [1.54, 1.807) is 12.1 Å². The lowest BCUT2D eigenvalue weighted by Gasteiger charge is -2.16. The van der Waals surface area contributed by atoms with Gasteiger partial charge in [-0.15, -0.1) is 5.10 Å². The van der Waals surface area contributed by atoms with Crippen LogP contribution < -0.4 is 10.1 Å². The Morgan fingerprint density at radius 2 is 1.46 bits per heavy atom. The fourth-order valence-electron chi connectivity index (χ4n) is 5.60. The lowest BCUT2D eigenvalue weighted by Crippen LogP contribution is -2.15. The lowest BCUT2D eigenvalue weighted by atomic mass is 9.92. The van der Waals surface area contributed by atoms with Crippen molar-refractivity contribution in [3.05, 3.63) is 28.9 Å². The summed E-state index contributed by atoms with van der Waals surface area (Å²) in [5.41, 5.74) is 1.89. The molecule has 0 bridgehead atoms. The number of esters is 2. The van der Waals surface area contributed by atoms with Crippen LogP contribution in [0.4, 0.5) is 5.69 Å². The Balaban J connectivity index is 1.33. The molecule has 48 heavy (non-hydrogen) atoms. The topological polar surface area (TPSA) is 128 Å². The summed E-state index contributed by atoms with van der Waals surface area (Å²) in [5.74, 6) is -0.788. The molecule has 3 rings (SSSR count). The Hall–Kier alpha value is -3.40. The van der Waals surface area contributed by atoms with Crippen molar-refractivity contribution in [1.29, 1.82) is 0 Å². The van der Waals surface area contributed by atoms with Gasteiger partial charge in [-0.05, 0) is 18.6 Å². The third-order valence-electron chi connectivity index (χ3n) is 8.32. The Morgan fingerprint density at radius 1 is 0.875 bits per heavy atom. The molecule has 0 radical (unpaired) electrons. The first-order valence-electron chi connectivity index (χ1n) is 17.9. The minimum atomic E-state index is -0.533. The summed E-state index contributed by atoms with van der Waals surface area (Å²) in [7, 11) is 0. The van der Waals surface area contributed by atoms with Gasteiger partial charge in [0, 0.05) is 30.5 Å². The first-order chi connectivity index (χ1) is 23.0. The maximum Gasteiger partial charge on any atom is 0.308 e. The number of benzene rings is 1. The molecule has 3 aromatic rings. The molecule has 0 aliphatic carbocycles. The highest BCUT2D eigenvalue weighted by Gasteiger charge is 2.25. The molecule has 1 amide bonds. The van der Waals surface area contributed by atoms with Gasteiger partial charge in [0.2, 0.25) is 5.91 Å². The van der Waals surface area contributed by atoms with Crippen LogP contribution >= 0.6 is 11.6 Å². The number of amides is 1. The van der Waals surface area contributed by atoms with Crippen LogP contribution in [0.3, 0.4) is 0 Å². The molecule has 0 saturated carbocycles. The fourth-order valence-corrected chi connectivity index (χ4v) is 6.05. The number of unbranched alkanes of at least 4 members (excludes halogenated alkanes) is 14. The van der Waals surface area contributed by atoms with Crippen molar-refractivity contribution in [2.45, 2.75) is 149 Å². The van der Waals surface area contributed by atoms with Crippen molar-refractivity contribution in [1.82, 2.24) is 19.8 Å². The van der Waals surface area contributed by atoms with E-state index in [1.807, 2.05) is 20.8 Å². The number of hydrogen-bond donors (Lipinski definition) is 2. The maximum atomic E-state index is 12.6. The van der Waals surface area contributed by atoms with E-state index >= 15 is 0 Å². The molecule has 0 atom stereocenters. The Bertz CT molecular complexity index is 1460. The van der Waals surface area contributed by atoms with Crippen molar-refractivity contribution < 1.29 is 23.9 Å². The van der Waals surface area contributed by atoms with E-state index in [-0.39, 0.29) is 35.9 Å². The molecule has 2 aromatic heterocycles. The van der Waals surface area contributed by atoms with Crippen molar-refractivity contribution in [2.75, 3.05) is 11.9 Å². The highest BCUT2D eigenvalue weighted by molar-refractivity contribution is 6.34. The quantitative estimate of drug-likeness (QED) is 0.0612. The van der Waals surface area contributed by atoms with Crippen LogP contribution in [0.2, 0.25) is 5.02 Å². The zero-order chi connectivity index (χ0) is 34.9. The van der Waals surface area contributed by atoms with Crippen molar-refractivity contribution in [3.8, 4) is 17.1 Å². The molecule has 266 valence electrons. The van der Waals surface area contributed by atoms with Crippen LogP contribution in [0.1, 0.15) is 149 Å². The predicted molar refractivity (Wildman–Crippen MR) is 192 cm³/mol. The second kappa shape index (κ2) is 20.2. The van der Waals surface area contributed by atoms with E-state index < -0.39 is 5.97 Å². The van der Waals surface area contributed by atoms with Crippen LogP contribution in [-0.4, -0.2) is 44.3 Å². The van der Waals surface area contributed by atoms with Gasteiger partial charge < -0.3 is 14.8 Å². The molecular weight excluding hydrogens is 630 g/mol. The Labute approximate surface area is 291 Å². The molecule has 2 heterocycles. The average Bonchev–Trinajstić information content (AvgIpc) is 3.58. The summed E-state index contributed by atoms with van der Waals surface area (Å²) in [6.07, 6.45) is 19.2. The van der Waals surface area contributed by atoms with Gasteiger partial charge in [0.1, 0.15) is 10.8 Å². The molecule has 2 N–H and O–H groups in total. The van der Waals surface area contributed by atoms with Gasteiger partial charge in [0.05, 0.1) is 24.3 Å². The average molecular weight is 686 g/mol. The summed E-state index contributed by atoms with van der Waals surface area (Å²) >= 11 is 6.57. The van der Waals surface area contributed by atoms with Gasteiger partial charge >= 0.3 is 11.9 Å². The molecule has 10 nitrogen and oxygen atoms in total. The van der Waals surface area contributed by atoms with Crippen molar-refractivity contribution in [3.63, 3.8) is 0 Å². The second-order valence-electron chi connectivity index (χ2n) is 13.7. The summed E-state index contributed by atoms with van der Waals surface area (Å²) in [6, 6.07) is 4.85. The Morgan fingerprint density at radius 3 is 2.00 bits per heavy atom. The summed E-state index contributed by atoms with van der Waals surface area (Å²) in [4.78, 5) is 41.2. The molecule has 0 aliphatic rings. The van der Waals surface area contributed by atoms with Gasteiger partial charge in [0.25, 0.3) is 0 Å². The standard InChI is InChI=1S/C37H56ClN5O5/c1-6-7-8-9-10-11-12-13-14-15-16-17-18-19-20-25-47-32(46)24-23-31(45)39-28-21-22-29(30(26-28)48-27(2)44)35-40-36-33(38)34(37(3,4)5)41-43(36)42-35/h21-22,26,41H,6-20,23-25H2,1-5H3,(H,39,45). The van der Waals surface area contributed by atoms with Gasteiger partial charge in [-0.2, -0.15) is 4.63 Å². The monoisotopic (exact) mass is 685 g/mol. The molecule has 1 aromatic carbocycles. The number of hydrogen-bond acceptors (Lipinski definition) is 7. The van der Waals surface area contributed by atoms with Gasteiger partial charge in [-0.25, -0.2) is 4.98 Å². The Kier molecular flexibility index (Phi) is 16.4. The van der Waals surface area contributed by atoms with E-state index in [9.17, 15) is 14.4 Å². The highest BCUT2D eigenvalue weighted by atomic mass is 35.5. The van der Waals surface area contributed by atoms with Gasteiger partial charge in [-0.1, -0.05) is 129 Å². The summed E-state index contributed by atoms with van der Waals surface area (Å²) in [5, 5.41) is 10.9. The number of halogens is 1.